The molecule has 7 heteroatoms. The molecule has 2 aromatic carbocycles. The highest BCUT2D eigenvalue weighted by molar-refractivity contribution is 5.94. The lowest BCUT2D eigenvalue weighted by Crippen LogP contribution is -2.07. The van der Waals surface area contributed by atoms with Crippen LogP contribution in [0.4, 0.5) is 4.39 Å². The number of hydrogen-bond acceptors (Lipinski definition) is 4. The Labute approximate surface area is 153 Å². The van der Waals surface area contributed by atoms with Crippen molar-refractivity contribution < 1.29 is 14.2 Å². The number of aliphatic hydroxyl groups excluding tert-OH is 1. The second-order valence-electron chi connectivity index (χ2n) is 5.89. The molecule has 0 unspecified atom stereocenters. The first-order valence-electron chi connectivity index (χ1n) is 8.37. The van der Waals surface area contributed by atoms with Crippen molar-refractivity contribution >= 4 is 11.0 Å². The minimum absolute atomic E-state index is 0.0791. The molecule has 0 bridgehead atoms. The van der Waals surface area contributed by atoms with Crippen molar-refractivity contribution in [3.63, 3.8) is 0 Å². The number of aromatic nitrogens is 3. The number of halogens is 1. The van der Waals surface area contributed by atoms with E-state index in [1.165, 1.54) is 12.4 Å². The Kier molecular flexibility index (Phi) is 4.43. The number of nitrogens with zero attached hydrogens (tertiary/aromatic N) is 2. The van der Waals surface area contributed by atoms with Crippen molar-refractivity contribution in [1.29, 1.82) is 0 Å². The molecule has 2 N–H and O–H groups in total. The maximum Gasteiger partial charge on any atom is 0.260 e. The fraction of sp³-hybridized carbons (Fsp3) is 0.100. The summed E-state index contributed by atoms with van der Waals surface area (Å²) in [5.41, 5.74) is 1.62. The van der Waals surface area contributed by atoms with Gasteiger partial charge in [0.15, 0.2) is 5.65 Å². The van der Waals surface area contributed by atoms with E-state index in [9.17, 15) is 9.18 Å². The van der Waals surface area contributed by atoms with Gasteiger partial charge < -0.3 is 19.4 Å². The molecule has 136 valence electrons. The van der Waals surface area contributed by atoms with Crippen LogP contribution >= 0.6 is 0 Å². The molecule has 0 radical (unpaired) electrons. The summed E-state index contributed by atoms with van der Waals surface area (Å²) in [6.45, 7) is -0.0787. The van der Waals surface area contributed by atoms with Crippen LogP contribution in [0.3, 0.4) is 0 Å². The van der Waals surface area contributed by atoms with Crippen molar-refractivity contribution in [2.75, 3.05) is 13.2 Å². The van der Waals surface area contributed by atoms with E-state index in [0.717, 1.165) is 5.69 Å². The Hall–Kier alpha value is -3.45. The monoisotopic (exact) mass is 365 g/mol. The second-order valence-corrected chi connectivity index (χ2v) is 5.89. The van der Waals surface area contributed by atoms with Gasteiger partial charge in [0, 0.05) is 29.1 Å². The first-order chi connectivity index (χ1) is 13.2. The molecule has 0 aliphatic carbocycles. The Morgan fingerprint density at radius 3 is 2.70 bits per heavy atom. The SMILES string of the molecule is O=c1[nH]cnc2c1c(-c1ccc(OCCO)cc1F)cn2-c1ccccc1. The van der Waals surface area contributed by atoms with Gasteiger partial charge in [-0.1, -0.05) is 18.2 Å². The average Bonchev–Trinajstić information content (AvgIpc) is 3.08. The Morgan fingerprint density at radius 1 is 1.15 bits per heavy atom. The Morgan fingerprint density at radius 2 is 1.96 bits per heavy atom. The highest BCUT2D eigenvalue weighted by Gasteiger charge is 2.18. The zero-order valence-electron chi connectivity index (χ0n) is 14.2. The van der Waals surface area contributed by atoms with Gasteiger partial charge in [-0.15, -0.1) is 0 Å². The standard InChI is InChI=1S/C20H16FN3O3/c21-17-10-14(27-9-8-25)6-7-15(17)16-11-24(13-4-2-1-3-5-13)19-18(16)20(26)23-12-22-19/h1-7,10-12,25H,8-9H2,(H,22,23,26). The van der Waals surface area contributed by atoms with Crippen molar-refractivity contribution in [3.8, 4) is 22.6 Å². The predicted octanol–water partition coefficient (Wildman–Crippen LogP) is 2.89. The fourth-order valence-corrected chi connectivity index (χ4v) is 3.03. The largest absolute Gasteiger partial charge is 0.491 e. The van der Waals surface area contributed by atoms with Crippen LogP contribution in [-0.2, 0) is 0 Å². The Bertz CT molecular complexity index is 1150. The van der Waals surface area contributed by atoms with E-state index in [1.807, 2.05) is 30.3 Å². The molecular weight excluding hydrogens is 349 g/mol. The van der Waals surface area contributed by atoms with Crippen molar-refractivity contribution in [2.45, 2.75) is 0 Å². The van der Waals surface area contributed by atoms with E-state index in [4.69, 9.17) is 9.84 Å². The lowest BCUT2D eigenvalue weighted by molar-refractivity contribution is 0.201. The molecule has 6 nitrogen and oxygen atoms in total. The first kappa shape index (κ1) is 17.0. The maximum atomic E-state index is 14.8. The summed E-state index contributed by atoms with van der Waals surface area (Å²) >= 11 is 0. The lowest BCUT2D eigenvalue weighted by atomic mass is 10.1. The molecule has 4 rings (SSSR count). The number of rotatable bonds is 5. The van der Waals surface area contributed by atoms with Crippen LogP contribution in [0.25, 0.3) is 27.8 Å². The van der Waals surface area contributed by atoms with Crippen LogP contribution < -0.4 is 10.3 Å². The molecule has 0 amide bonds. The molecule has 0 fully saturated rings. The normalized spacial score (nSPS) is 11.0. The van der Waals surface area contributed by atoms with Crippen LogP contribution in [0.15, 0.2) is 65.8 Å². The fourth-order valence-electron chi connectivity index (χ4n) is 3.03. The van der Waals surface area contributed by atoms with Crippen LogP contribution in [0.1, 0.15) is 0 Å². The first-order valence-corrected chi connectivity index (χ1v) is 8.37. The highest BCUT2D eigenvalue weighted by Crippen LogP contribution is 2.32. The third kappa shape index (κ3) is 3.09. The summed E-state index contributed by atoms with van der Waals surface area (Å²) in [6, 6.07) is 13.8. The minimum atomic E-state index is -0.527. The summed E-state index contributed by atoms with van der Waals surface area (Å²) in [6.07, 6.45) is 3.03. The van der Waals surface area contributed by atoms with E-state index < -0.39 is 5.82 Å². The second kappa shape index (κ2) is 7.05. The molecule has 0 saturated heterocycles. The van der Waals surface area contributed by atoms with Crippen molar-refractivity contribution in [2.24, 2.45) is 0 Å². The third-order valence-electron chi connectivity index (χ3n) is 4.21. The van der Waals surface area contributed by atoms with Gasteiger partial charge in [-0.05, 0) is 24.3 Å². The number of ether oxygens (including phenoxy) is 1. The van der Waals surface area contributed by atoms with Crippen molar-refractivity contribution in [3.05, 3.63) is 77.2 Å². The summed E-state index contributed by atoms with van der Waals surface area (Å²) in [7, 11) is 0. The molecule has 0 aliphatic heterocycles. The number of aliphatic hydroxyl groups is 1. The summed E-state index contributed by atoms with van der Waals surface area (Å²) in [5, 5.41) is 9.13. The quantitative estimate of drug-likeness (QED) is 0.570. The number of fused-ring (bicyclic) bond motifs is 1. The maximum absolute atomic E-state index is 14.8. The zero-order valence-corrected chi connectivity index (χ0v) is 14.2. The van der Waals surface area contributed by atoms with E-state index in [1.54, 1.807) is 22.9 Å². The molecular formula is C20H16FN3O3. The Balaban J connectivity index is 1.91. The molecule has 2 aromatic heterocycles. The molecule has 2 heterocycles. The summed E-state index contributed by atoms with van der Waals surface area (Å²) < 4.78 is 21.7. The molecule has 4 aromatic rings. The van der Waals surface area contributed by atoms with Gasteiger partial charge in [0.2, 0.25) is 0 Å². The molecule has 27 heavy (non-hydrogen) atoms. The lowest BCUT2D eigenvalue weighted by Gasteiger charge is -2.07. The smallest absolute Gasteiger partial charge is 0.260 e. The molecule has 0 atom stereocenters. The molecule has 0 aliphatic rings. The van der Waals surface area contributed by atoms with Crippen LogP contribution in [0.2, 0.25) is 0 Å². The third-order valence-corrected chi connectivity index (χ3v) is 4.21. The van der Waals surface area contributed by atoms with Gasteiger partial charge in [-0.25, -0.2) is 9.37 Å². The van der Waals surface area contributed by atoms with E-state index in [-0.39, 0.29) is 24.3 Å². The van der Waals surface area contributed by atoms with E-state index >= 15 is 0 Å². The van der Waals surface area contributed by atoms with E-state index in [0.29, 0.717) is 22.3 Å². The topological polar surface area (TPSA) is 80.1 Å². The van der Waals surface area contributed by atoms with Crippen LogP contribution in [0, 0.1) is 5.82 Å². The average molecular weight is 365 g/mol. The summed E-state index contributed by atoms with van der Waals surface area (Å²) in [4.78, 5) is 19.3. The van der Waals surface area contributed by atoms with Crippen LogP contribution in [-0.4, -0.2) is 32.9 Å². The number of benzene rings is 2. The number of hydrogen-bond donors (Lipinski definition) is 2. The number of nitrogens with one attached hydrogen (secondary N) is 1. The van der Waals surface area contributed by atoms with Gasteiger partial charge in [0.1, 0.15) is 18.2 Å². The molecule has 0 saturated carbocycles. The number of aromatic amines is 1. The predicted molar refractivity (Wildman–Crippen MR) is 99.7 cm³/mol. The van der Waals surface area contributed by atoms with Gasteiger partial charge in [0.05, 0.1) is 18.3 Å². The number of H-pyrrole nitrogens is 1. The van der Waals surface area contributed by atoms with Gasteiger partial charge in [0.25, 0.3) is 5.56 Å². The van der Waals surface area contributed by atoms with Gasteiger partial charge in [-0.3, -0.25) is 4.79 Å². The highest BCUT2D eigenvalue weighted by atomic mass is 19.1. The van der Waals surface area contributed by atoms with Crippen molar-refractivity contribution in [1.82, 2.24) is 14.5 Å². The zero-order chi connectivity index (χ0) is 18.8. The van der Waals surface area contributed by atoms with E-state index in [2.05, 4.69) is 9.97 Å². The summed E-state index contributed by atoms with van der Waals surface area (Å²) in [5.74, 6) is -0.218. The molecule has 0 spiro atoms. The van der Waals surface area contributed by atoms with Crippen LogP contribution in [0.5, 0.6) is 5.75 Å². The minimum Gasteiger partial charge on any atom is -0.491 e. The van der Waals surface area contributed by atoms with Gasteiger partial charge >= 0.3 is 0 Å². The van der Waals surface area contributed by atoms with Gasteiger partial charge in [-0.2, -0.15) is 0 Å². The number of para-hydroxylation sites is 1.